The van der Waals surface area contributed by atoms with Crippen LogP contribution in [-0.2, 0) is 5.54 Å². The summed E-state index contributed by atoms with van der Waals surface area (Å²) >= 11 is 0. The highest BCUT2D eigenvalue weighted by atomic mass is 16.2. The van der Waals surface area contributed by atoms with Gasteiger partial charge in [-0.25, -0.2) is 9.97 Å². The van der Waals surface area contributed by atoms with Crippen molar-refractivity contribution >= 4 is 5.91 Å². The van der Waals surface area contributed by atoms with Crippen molar-refractivity contribution in [3.63, 3.8) is 0 Å². The van der Waals surface area contributed by atoms with Crippen LogP contribution in [0.4, 0.5) is 0 Å². The van der Waals surface area contributed by atoms with Crippen molar-refractivity contribution in [2.24, 2.45) is 0 Å². The van der Waals surface area contributed by atoms with Gasteiger partial charge in [0, 0.05) is 30.8 Å². The predicted octanol–water partition coefficient (Wildman–Crippen LogP) is 2.33. The number of amides is 1. The van der Waals surface area contributed by atoms with E-state index in [1.807, 2.05) is 24.8 Å². The largest absolute Gasteiger partial charge is 0.326 e. The molecule has 0 aromatic carbocycles. The highest BCUT2D eigenvalue weighted by Gasteiger charge is 2.43. The van der Waals surface area contributed by atoms with Gasteiger partial charge >= 0.3 is 0 Å². The number of hydrogen-bond donors (Lipinski definition) is 0. The molecule has 0 saturated carbocycles. The van der Waals surface area contributed by atoms with Crippen molar-refractivity contribution in [1.82, 2.24) is 19.9 Å². The Morgan fingerprint density at radius 3 is 2.90 bits per heavy atom. The van der Waals surface area contributed by atoms with Crippen molar-refractivity contribution in [3.8, 4) is 0 Å². The lowest BCUT2D eigenvalue weighted by atomic mass is 9.97. The van der Waals surface area contributed by atoms with E-state index in [9.17, 15) is 4.79 Å². The Bertz CT molecular complexity index is 658. The van der Waals surface area contributed by atoms with Crippen LogP contribution >= 0.6 is 0 Å². The second-order valence-corrected chi connectivity index (χ2v) is 5.60. The fourth-order valence-electron chi connectivity index (χ4n) is 2.87. The summed E-state index contributed by atoms with van der Waals surface area (Å²) < 4.78 is 0. The van der Waals surface area contributed by atoms with Crippen molar-refractivity contribution in [1.29, 1.82) is 0 Å². The van der Waals surface area contributed by atoms with Gasteiger partial charge in [0.2, 0.25) is 0 Å². The summed E-state index contributed by atoms with van der Waals surface area (Å²) in [6, 6.07) is 5.45. The van der Waals surface area contributed by atoms with Crippen molar-refractivity contribution in [2.45, 2.75) is 32.2 Å². The van der Waals surface area contributed by atoms with E-state index in [1.54, 1.807) is 30.7 Å². The summed E-state index contributed by atoms with van der Waals surface area (Å²) in [6.45, 7) is 4.71. The van der Waals surface area contributed by atoms with Crippen molar-refractivity contribution in [2.75, 3.05) is 6.54 Å². The van der Waals surface area contributed by atoms with Gasteiger partial charge in [-0.1, -0.05) is 0 Å². The molecule has 3 rings (SSSR count). The van der Waals surface area contributed by atoms with Gasteiger partial charge in [-0.3, -0.25) is 9.78 Å². The number of rotatable bonds is 2. The molecule has 1 aliphatic heterocycles. The van der Waals surface area contributed by atoms with Gasteiger partial charge in [0.25, 0.3) is 5.91 Å². The molecule has 1 fully saturated rings. The normalized spacial score (nSPS) is 21.5. The number of nitrogens with zero attached hydrogens (tertiary/aromatic N) is 4. The summed E-state index contributed by atoms with van der Waals surface area (Å²) in [5.74, 6) is 0.713. The molecule has 2 aromatic heterocycles. The maximum absolute atomic E-state index is 12.8. The van der Waals surface area contributed by atoms with E-state index < -0.39 is 5.54 Å². The summed E-state index contributed by atoms with van der Waals surface area (Å²) in [5, 5.41) is 0. The summed E-state index contributed by atoms with van der Waals surface area (Å²) in [6.07, 6.45) is 6.87. The Kier molecular flexibility index (Phi) is 3.41. The third kappa shape index (κ3) is 2.39. The Morgan fingerprint density at radius 1 is 1.33 bits per heavy atom. The molecule has 0 radical (unpaired) electrons. The van der Waals surface area contributed by atoms with Crippen molar-refractivity contribution < 1.29 is 4.79 Å². The molecule has 0 N–H and O–H groups in total. The van der Waals surface area contributed by atoms with Gasteiger partial charge in [0.05, 0.1) is 5.56 Å². The molecule has 0 aliphatic carbocycles. The van der Waals surface area contributed by atoms with Gasteiger partial charge in [-0.15, -0.1) is 0 Å². The first-order valence-electron chi connectivity index (χ1n) is 7.13. The first-order chi connectivity index (χ1) is 10.1. The molecule has 1 unspecified atom stereocenters. The van der Waals surface area contributed by atoms with Gasteiger partial charge in [-0.05, 0) is 44.9 Å². The predicted molar refractivity (Wildman–Crippen MR) is 78.6 cm³/mol. The minimum atomic E-state index is -0.445. The molecule has 1 aliphatic rings. The van der Waals surface area contributed by atoms with Crippen LogP contribution in [0.5, 0.6) is 0 Å². The average molecular weight is 282 g/mol. The quantitative estimate of drug-likeness (QED) is 0.848. The topological polar surface area (TPSA) is 59.0 Å². The summed E-state index contributed by atoms with van der Waals surface area (Å²) in [4.78, 5) is 27.6. The summed E-state index contributed by atoms with van der Waals surface area (Å²) in [5.41, 5.74) is 1.08. The van der Waals surface area contributed by atoms with Gasteiger partial charge in [0.1, 0.15) is 5.54 Å². The van der Waals surface area contributed by atoms with E-state index in [0.29, 0.717) is 5.56 Å². The first kappa shape index (κ1) is 13.7. The van der Waals surface area contributed by atoms with E-state index in [-0.39, 0.29) is 5.91 Å². The van der Waals surface area contributed by atoms with Crippen LogP contribution in [0.25, 0.3) is 0 Å². The molecule has 3 heterocycles. The molecule has 5 nitrogen and oxygen atoms in total. The van der Waals surface area contributed by atoms with Crippen LogP contribution in [0.1, 0.15) is 41.6 Å². The molecule has 108 valence electrons. The lowest BCUT2D eigenvalue weighted by molar-refractivity contribution is 0.0603. The van der Waals surface area contributed by atoms with E-state index in [4.69, 9.17) is 0 Å². The maximum Gasteiger partial charge on any atom is 0.256 e. The number of aromatic nitrogens is 3. The molecule has 0 bridgehead atoms. The summed E-state index contributed by atoms with van der Waals surface area (Å²) in [7, 11) is 0. The standard InChI is InChI=1S/C16H18N4O/c1-12-6-9-18-15(19-12)16(2)7-4-10-20(16)14(21)13-5-3-8-17-11-13/h3,5-6,8-9,11H,4,7,10H2,1-2H3. The van der Waals surface area contributed by atoms with Crippen LogP contribution in [0.15, 0.2) is 36.8 Å². The van der Waals surface area contributed by atoms with Gasteiger partial charge < -0.3 is 4.90 Å². The molecule has 1 amide bonds. The average Bonchev–Trinajstić information content (AvgIpc) is 2.91. The van der Waals surface area contributed by atoms with Crippen LogP contribution in [-0.4, -0.2) is 32.3 Å². The van der Waals surface area contributed by atoms with E-state index in [0.717, 1.165) is 30.9 Å². The third-order valence-electron chi connectivity index (χ3n) is 4.07. The molecule has 21 heavy (non-hydrogen) atoms. The minimum Gasteiger partial charge on any atom is -0.326 e. The molecule has 1 atom stereocenters. The minimum absolute atomic E-state index is 0.00629. The van der Waals surface area contributed by atoms with Crippen LogP contribution in [0, 0.1) is 6.92 Å². The lowest BCUT2D eigenvalue weighted by Crippen LogP contribution is -2.44. The molecule has 2 aromatic rings. The fourth-order valence-corrected chi connectivity index (χ4v) is 2.87. The van der Waals surface area contributed by atoms with Gasteiger partial charge in [0.15, 0.2) is 5.82 Å². The van der Waals surface area contributed by atoms with E-state index >= 15 is 0 Å². The smallest absolute Gasteiger partial charge is 0.256 e. The fraction of sp³-hybridized carbons (Fsp3) is 0.375. The molecule has 0 spiro atoms. The Balaban J connectivity index is 1.97. The van der Waals surface area contributed by atoms with Crippen molar-refractivity contribution in [3.05, 3.63) is 53.9 Å². The zero-order chi connectivity index (χ0) is 14.9. The monoisotopic (exact) mass is 282 g/mol. The maximum atomic E-state index is 12.8. The van der Waals surface area contributed by atoms with Crippen LogP contribution in [0.2, 0.25) is 0 Å². The SMILES string of the molecule is Cc1ccnc(C2(C)CCCN2C(=O)c2cccnc2)n1. The van der Waals surface area contributed by atoms with E-state index in [2.05, 4.69) is 15.0 Å². The Hall–Kier alpha value is -2.30. The Morgan fingerprint density at radius 2 is 2.19 bits per heavy atom. The molecular formula is C16H18N4O. The highest BCUT2D eigenvalue weighted by molar-refractivity contribution is 5.94. The number of pyridine rings is 1. The number of likely N-dealkylation sites (tertiary alicyclic amines) is 1. The second kappa shape index (κ2) is 5.24. The first-order valence-corrected chi connectivity index (χ1v) is 7.13. The number of hydrogen-bond acceptors (Lipinski definition) is 4. The highest BCUT2D eigenvalue weighted by Crippen LogP contribution is 2.37. The lowest BCUT2D eigenvalue weighted by Gasteiger charge is -2.34. The molecule has 1 saturated heterocycles. The van der Waals surface area contributed by atoms with E-state index in [1.165, 1.54) is 0 Å². The zero-order valence-electron chi connectivity index (χ0n) is 12.3. The van der Waals surface area contributed by atoms with Crippen LogP contribution in [0.3, 0.4) is 0 Å². The molecule has 5 heteroatoms. The second-order valence-electron chi connectivity index (χ2n) is 5.60. The zero-order valence-corrected chi connectivity index (χ0v) is 12.3. The molecular weight excluding hydrogens is 264 g/mol. The third-order valence-corrected chi connectivity index (χ3v) is 4.07. The van der Waals surface area contributed by atoms with Crippen LogP contribution < -0.4 is 0 Å². The van der Waals surface area contributed by atoms with Gasteiger partial charge in [-0.2, -0.15) is 0 Å². The number of carbonyl (C=O) groups is 1. The number of carbonyl (C=O) groups excluding carboxylic acids is 1. The Labute approximate surface area is 124 Å². The number of aryl methyl sites for hydroxylation is 1.